The molecule has 0 aliphatic carbocycles. The van der Waals surface area contributed by atoms with Crippen molar-refractivity contribution < 1.29 is 14.6 Å². The standard InChI is InChI=1S/C11H11NO3/c12-6-8-1-2-10-11(5-8)14-7-9(15-10)3-4-13/h1-2,5,9,13H,3-4,7H2. The number of fused-ring (bicyclic) bond motifs is 1. The molecule has 0 saturated carbocycles. The van der Waals surface area contributed by atoms with Crippen molar-refractivity contribution in [1.29, 1.82) is 5.26 Å². The first-order valence-corrected chi connectivity index (χ1v) is 4.78. The molecule has 78 valence electrons. The summed E-state index contributed by atoms with van der Waals surface area (Å²) < 4.78 is 11.0. The van der Waals surface area contributed by atoms with Crippen LogP contribution in [-0.2, 0) is 0 Å². The minimum atomic E-state index is -0.101. The van der Waals surface area contributed by atoms with E-state index in [2.05, 4.69) is 0 Å². The van der Waals surface area contributed by atoms with E-state index < -0.39 is 0 Å². The van der Waals surface area contributed by atoms with Crippen molar-refractivity contribution in [3.63, 3.8) is 0 Å². The van der Waals surface area contributed by atoms with Crippen molar-refractivity contribution in [2.24, 2.45) is 0 Å². The maximum atomic E-state index is 8.77. The Bertz CT molecular complexity index is 397. The maximum absolute atomic E-state index is 8.77. The van der Waals surface area contributed by atoms with E-state index in [0.717, 1.165) is 0 Å². The molecule has 0 spiro atoms. The average Bonchev–Trinajstić information content (AvgIpc) is 2.29. The Morgan fingerprint density at radius 3 is 3.07 bits per heavy atom. The molecular formula is C11H11NO3. The summed E-state index contributed by atoms with van der Waals surface area (Å²) in [6, 6.07) is 7.10. The Balaban J connectivity index is 2.18. The van der Waals surface area contributed by atoms with Crippen LogP contribution in [0.15, 0.2) is 18.2 Å². The Morgan fingerprint density at radius 2 is 2.33 bits per heavy atom. The molecule has 1 aliphatic rings. The number of aliphatic hydroxyl groups excluding tert-OH is 1. The maximum Gasteiger partial charge on any atom is 0.162 e. The molecular weight excluding hydrogens is 194 g/mol. The molecule has 0 saturated heterocycles. The second kappa shape index (κ2) is 4.20. The predicted octanol–water partition coefficient (Wildman–Crippen LogP) is 1.08. The molecule has 4 nitrogen and oxygen atoms in total. The fourth-order valence-corrected chi connectivity index (χ4v) is 1.47. The van der Waals surface area contributed by atoms with Crippen LogP contribution >= 0.6 is 0 Å². The predicted molar refractivity (Wildman–Crippen MR) is 52.8 cm³/mol. The van der Waals surface area contributed by atoms with Gasteiger partial charge in [0.05, 0.1) is 11.6 Å². The normalized spacial score (nSPS) is 18.3. The highest BCUT2D eigenvalue weighted by molar-refractivity contribution is 5.47. The molecule has 1 heterocycles. The number of hydrogen-bond acceptors (Lipinski definition) is 4. The molecule has 15 heavy (non-hydrogen) atoms. The quantitative estimate of drug-likeness (QED) is 0.784. The lowest BCUT2D eigenvalue weighted by atomic mass is 10.2. The van der Waals surface area contributed by atoms with E-state index in [1.165, 1.54) is 0 Å². The number of nitrogens with zero attached hydrogens (tertiary/aromatic N) is 1. The third-order valence-electron chi connectivity index (χ3n) is 2.24. The Labute approximate surface area is 87.7 Å². The van der Waals surface area contributed by atoms with E-state index in [1.807, 2.05) is 6.07 Å². The van der Waals surface area contributed by atoms with E-state index in [4.69, 9.17) is 19.8 Å². The van der Waals surface area contributed by atoms with Crippen LogP contribution in [0.5, 0.6) is 11.5 Å². The molecule has 1 unspecified atom stereocenters. The summed E-state index contributed by atoms with van der Waals surface area (Å²) in [6.45, 7) is 0.502. The molecule has 1 aromatic carbocycles. The monoisotopic (exact) mass is 205 g/mol. The topological polar surface area (TPSA) is 62.5 Å². The lowest BCUT2D eigenvalue weighted by Crippen LogP contribution is -2.29. The molecule has 1 aromatic rings. The molecule has 1 aliphatic heterocycles. The second-order valence-corrected chi connectivity index (χ2v) is 3.34. The number of aliphatic hydroxyl groups is 1. The van der Waals surface area contributed by atoms with Crippen LogP contribution in [0.3, 0.4) is 0 Å². The number of hydrogen-bond donors (Lipinski definition) is 1. The number of nitriles is 1. The van der Waals surface area contributed by atoms with Crippen LogP contribution in [0, 0.1) is 11.3 Å². The molecule has 0 fully saturated rings. The summed E-state index contributed by atoms with van der Waals surface area (Å²) in [5.74, 6) is 1.24. The lowest BCUT2D eigenvalue weighted by Gasteiger charge is -2.26. The van der Waals surface area contributed by atoms with Crippen LogP contribution in [0.4, 0.5) is 0 Å². The summed E-state index contributed by atoms with van der Waals surface area (Å²) in [4.78, 5) is 0. The number of rotatable bonds is 2. The fraction of sp³-hybridized carbons (Fsp3) is 0.364. The van der Waals surface area contributed by atoms with E-state index in [9.17, 15) is 0 Å². The van der Waals surface area contributed by atoms with Gasteiger partial charge in [-0.15, -0.1) is 0 Å². The smallest absolute Gasteiger partial charge is 0.162 e. The molecule has 1 N–H and O–H groups in total. The first-order valence-electron chi connectivity index (χ1n) is 4.78. The molecule has 2 rings (SSSR count). The minimum Gasteiger partial charge on any atom is -0.486 e. The van der Waals surface area contributed by atoms with Gasteiger partial charge in [0.2, 0.25) is 0 Å². The van der Waals surface area contributed by atoms with Crippen LogP contribution in [0.1, 0.15) is 12.0 Å². The van der Waals surface area contributed by atoms with Gasteiger partial charge in [-0.1, -0.05) is 0 Å². The largest absolute Gasteiger partial charge is 0.486 e. The van der Waals surface area contributed by atoms with Gasteiger partial charge in [-0.05, 0) is 12.1 Å². The van der Waals surface area contributed by atoms with E-state index in [-0.39, 0.29) is 12.7 Å². The van der Waals surface area contributed by atoms with Crippen LogP contribution in [0.25, 0.3) is 0 Å². The van der Waals surface area contributed by atoms with Gasteiger partial charge in [0.15, 0.2) is 11.5 Å². The van der Waals surface area contributed by atoms with E-state index >= 15 is 0 Å². The zero-order chi connectivity index (χ0) is 10.7. The molecule has 1 atom stereocenters. The number of ether oxygens (including phenoxy) is 2. The van der Waals surface area contributed by atoms with Crippen LogP contribution in [-0.4, -0.2) is 24.4 Å². The Morgan fingerprint density at radius 1 is 1.47 bits per heavy atom. The summed E-state index contributed by atoms with van der Waals surface area (Å²) in [5, 5.41) is 17.5. The first-order chi connectivity index (χ1) is 7.33. The third-order valence-corrected chi connectivity index (χ3v) is 2.24. The van der Waals surface area contributed by atoms with Crippen LogP contribution in [0.2, 0.25) is 0 Å². The Kier molecular flexibility index (Phi) is 2.75. The Hall–Kier alpha value is -1.73. The fourth-order valence-electron chi connectivity index (χ4n) is 1.47. The van der Waals surface area contributed by atoms with Gasteiger partial charge in [0.25, 0.3) is 0 Å². The SMILES string of the molecule is N#Cc1ccc2c(c1)OCC(CCO)O2. The van der Waals surface area contributed by atoms with Gasteiger partial charge in [0.1, 0.15) is 12.7 Å². The van der Waals surface area contributed by atoms with Gasteiger partial charge in [-0.2, -0.15) is 5.26 Å². The summed E-state index contributed by atoms with van der Waals surface area (Å²) >= 11 is 0. The van der Waals surface area contributed by atoms with Crippen molar-refractivity contribution in [3.8, 4) is 17.6 Å². The summed E-state index contributed by atoms with van der Waals surface area (Å²) in [7, 11) is 0. The lowest BCUT2D eigenvalue weighted by molar-refractivity contribution is 0.0704. The highest BCUT2D eigenvalue weighted by Crippen LogP contribution is 2.32. The molecule has 0 aromatic heterocycles. The third kappa shape index (κ3) is 2.03. The first kappa shape index (κ1) is 9.81. The van der Waals surface area contributed by atoms with Gasteiger partial charge < -0.3 is 14.6 Å². The van der Waals surface area contributed by atoms with E-state index in [1.54, 1.807) is 18.2 Å². The van der Waals surface area contributed by atoms with Crippen molar-refractivity contribution in [2.75, 3.05) is 13.2 Å². The van der Waals surface area contributed by atoms with Crippen LogP contribution < -0.4 is 9.47 Å². The zero-order valence-corrected chi connectivity index (χ0v) is 8.14. The van der Waals surface area contributed by atoms with Gasteiger partial charge >= 0.3 is 0 Å². The summed E-state index contributed by atoms with van der Waals surface area (Å²) in [6.07, 6.45) is 0.454. The van der Waals surface area contributed by atoms with Gasteiger partial charge in [-0.25, -0.2) is 0 Å². The van der Waals surface area contributed by atoms with E-state index in [0.29, 0.717) is 30.1 Å². The van der Waals surface area contributed by atoms with Crippen molar-refractivity contribution in [1.82, 2.24) is 0 Å². The molecule has 0 bridgehead atoms. The molecule has 0 amide bonds. The zero-order valence-electron chi connectivity index (χ0n) is 8.14. The number of benzene rings is 1. The van der Waals surface area contributed by atoms with Gasteiger partial charge in [-0.3, -0.25) is 0 Å². The molecule has 0 radical (unpaired) electrons. The van der Waals surface area contributed by atoms with Crippen molar-refractivity contribution in [3.05, 3.63) is 23.8 Å². The average molecular weight is 205 g/mol. The summed E-state index contributed by atoms with van der Waals surface area (Å²) in [5.41, 5.74) is 0.554. The van der Waals surface area contributed by atoms with Crippen molar-refractivity contribution >= 4 is 0 Å². The van der Waals surface area contributed by atoms with Gasteiger partial charge in [0, 0.05) is 19.1 Å². The highest BCUT2D eigenvalue weighted by atomic mass is 16.6. The minimum absolute atomic E-state index is 0.0830. The highest BCUT2D eigenvalue weighted by Gasteiger charge is 2.20. The molecule has 4 heteroatoms. The van der Waals surface area contributed by atoms with Crippen molar-refractivity contribution in [2.45, 2.75) is 12.5 Å². The second-order valence-electron chi connectivity index (χ2n) is 3.34.